The van der Waals surface area contributed by atoms with Gasteiger partial charge in [-0.1, -0.05) is 12.8 Å². The summed E-state index contributed by atoms with van der Waals surface area (Å²) in [5, 5.41) is 12.2. The van der Waals surface area contributed by atoms with Crippen molar-refractivity contribution in [3.05, 3.63) is 42.2 Å². The van der Waals surface area contributed by atoms with Crippen molar-refractivity contribution in [2.24, 2.45) is 5.41 Å². The number of fused-ring (bicyclic) bond motifs is 2. The van der Waals surface area contributed by atoms with Crippen LogP contribution in [0.2, 0.25) is 0 Å². The number of rotatable bonds is 5. The van der Waals surface area contributed by atoms with E-state index in [4.69, 9.17) is 4.42 Å². The van der Waals surface area contributed by atoms with Crippen LogP contribution >= 0.6 is 0 Å². The highest BCUT2D eigenvalue weighted by Crippen LogP contribution is 2.44. The Morgan fingerprint density at radius 1 is 1.12 bits per heavy atom. The molecule has 2 aromatic rings. The molecule has 0 bridgehead atoms. The van der Waals surface area contributed by atoms with E-state index in [9.17, 15) is 24.3 Å². The lowest BCUT2D eigenvalue weighted by atomic mass is 9.79. The first-order valence-corrected chi connectivity index (χ1v) is 11.6. The first-order chi connectivity index (χ1) is 16.3. The number of hydrogen-bond donors (Lipinski definition) is 2. The molecule has 1 saturated heterocycles. The number of carbonyl (C=O) groups excluding carboxylic acids is 3. The van der Waals surface area contributed by atoms with E-state index in [0.717, 1.165) is 31.2 Å². The molecule has 1 aromatic heterocycles. The molecule has 3 aliphatic rings. The summed E-state index contributed by atoms with van der Waals surface area (Å²) in [5.74, 6) is -1.02. The highest BCUT2D eigenvalue weighted by atomic mass is 16.4. The van der Waals surface area contributed by atoms with E-state index in [1.165, 1.54) is 4.90 Å². The van der Waals surface area contributed by atoms with Crippen LogP contribution in [0.1, 0.15) is 48.9 Å². The number of carbonyl (C=O) groups is 4. The van der Waals surface area contributed by atoms with Gasteiger partial charge in [0.25, 0.3) is 5.91 Å². The molecule has 1 atom stereocenters. The average Bonchev–Trinajstić information content (AvgIpc) is 3.49. The van der Waals surface area contributed by atoms with Gasteiger partial charge in [-0.05, 0) is 48.6 Å². The lowest BCUT2D eigenvalue weighted by molar-refractivity contribution is -0.142. The molecule has 0 radical (unpaired) electrons. The summed E-state index contributed by atoms with van der Waals surface area (Å²) in [7, 11) is 0. The van der Waals surface area contributed by atoms with Crippen LogP contribution in [0.5, 0.6) is 0 Å². The molecule has 9 heteroatoms. The number of hydrogen-bond acceptors (Lipinski definition) is 5. The number of nitrogens with zero attached hydrogens (tertiary/aromatic N) is 2. The maximum Gasteiger partial charge on any atom is 0.303 e. The molecule has 0 spiro atoms. The quantitative estimate of drug-likeness (QED) is 0.701. The summed E-state index contributed by atoms with van der Waals surface area (Å²) in [6, 6.07) is 7.96. The van der Waals surface area contributed by atoms with Gasteiger partial charge >= 0.3 is 5.97 Å². The third-order valence-corrected chi connectivity index (χ3v) is 7.33. The number of amides is 3. The van der Waals surface area contributed by atoms with E-state index >= 15 is 0 Å². The predicted molar refractivity (Wildman–Crippen MR) is 122 cm³/mol. The van der Waals surface area contributed by atoms with Gasteiger partial charge in [0, 0.05) is 25.1 Å². The first-order valence-electron chi connectivity index (χ1n) is 11.6. The molecule has 3 amide bonds. The zero-order valence-corrected chi connectivity index (χ0v) is 18.8. The fourth-order valence-electron chi connectivity index (χ4n) is 5.57. The van der Waals surface area contributed by atoms with Crippen molar-refractivity contribution < 1.29 is 28.7 Å². The monoisotopic (exact) mass is 465 g/mol. The molecule has 2 fully saturated rings. The molecule has 3 heterocycles. The third kappa shape index (κ3) is 4.06. The topological polar surface area (TPSA) is 120 Å². The van der Waals surface area contributed by atoms with E-state index in [-0.39, 0.29) is 43.7 Å². The highest BCUT2D eigenvalue weighted by Gasteiger charge is 2.43. The molecule has 5 rings (SSSR count). The molecule has 1 aliphatic carbocycles. The largest absolute Gasteiger partial charge is 0.481 e. The maximum absolute atomic E-state index is 13.4. The average molecular weight is 466 g/mol. The summed E-state index contributed by atoms with van der Waals surface area (Å²) in [6.07, 6.45) is 4.99. The van der Waals surface area contributed by atoms with Crippen LogP contribution in [-0.2, 0) is 14.4 Å². The lowest BCUT2D eigenvalue weighted by Crippen LogP contribution is -2.59. The second kappa shape index (κ2) is 8.62. The third-order valence-electron chi connectivity index (χ3n) is 7.33. The van der Waals surface area contributed by atoms with Crippen molar-refractivity contribution in [1.82, 2.24) is 9.80 Å². The van der Waals surface area contributed by atoms with Crippen LogP contribution in [0, 0.1) is 5.41 Å². The molecule has 1 saturated carbocycles. The second-order valence-corrected chi connectivity index (χ2v) is 9.54. The van der Waals surface area contributed by atoms with Gasteiger partial charge in [0.2, 0.25) is 11.8 Å². The molecule has 0 unspecified atom stereocenters. The number of furan rings is 1. The standard InChI is InChI=1S/C25H27N3O6/c29-21(13-25(14-22(30)31)7-1-2-8-25)27-9-10-28-19(15-27)23(32)26-18-6-5-16(12-17(18)24(28)33)20-4-3-11-34-20/h3-6,11-12,19H,1-2,7-10,13-15H2,(H,26,32)(H,30,31)/t19-/m0/s1. The number of aliphatic carboxylic acids is 1. The van der Waals surface area contributed by atoms with Crippen molar-refractivity contribution in [2.75, 3.05) is 25.0 Å². The Balaban J connectivity index is 1.34. The van der Waals surface area contributed by atoms with Crippen LogP contribution in [0.15, 0.2) is 41.0 Å². The van der Waals surface area contributed by atoms with Crippen LogP contribution < -0.4 is 5.32 Å². The molecule has 178 valence electrons. The number of carboxylic acid groups (broad SMARTS) is 1. The summed E-state index contributed by atoms with van der Waals surface area (Å²) in [5.41, 5.74) is 1.04. The number of anilines is 1. The summed E-state index contributed by atoms with van der Waals surface area (Å²) >= 11 is 0. The van der Waals surface area contributed by atoms with E-state index in [2.05, 4.69) is 5.32 Å². The van der Waals surface area contributed by atoms with Crippen LogP contribution in [0.4, 0.5) is 5.69 Å². The number of piperazine rings is 1. The van der Waals surface area contributed by atoms with E-state index in [0.29, 0.717) is 23.6 Å². The van der Waals surface area contributed by atoms with Crippen molar-refractivity contribution in [3.8, 4) is 11.3 Å². The zero-order valence-electron chi connectivity index (χ0n) is 18.8. The Labute approximate surface area is 196 Å². The fraction of sp³-hybridized carbons (Fsp3) is 0.440. The summed E-state index contributed by atoms with van der Waals surface area (Å²) in [4.78, 5) is 54.2. The second-order valence-electron chi connectivity index (χ2n) is 9.54. The molecular formula is C25H27N3O6. The van der Waals surface area contributed by atoms with Gasteiger partial charge in [0.1, 0.15) is 11.8 Å². The van der Waals surface area contributed by atoms with Crippen molar-refractivity contribution in [2.45, 2.75) is 44.6 Å². The highest BCUT2D eigenvalue weighted by molar-refractivity contribution is 6.10. The van der Waals surface area contributed by atoms with Gasteiger partial charge < -0.3 is 24.6 Å². The van der Waals surface area contributed by atoms with E-state index in [1.54, 1.807) is 41.5 Å². The zero-order chi connectivity index (χ0) is 23.9. The summed E-state index contributed by atoms with van der Waals surface area (Å²) < 4.78 is 5.44. The Morgan fingerprint density at radius 2 is 1.91 bits per heavy atom. The Bertz CT molecular complexity index is 1140. The van der Waals surface area contributed by atoms with Gasteiger partial charge in [0.05, 0.1) is 30.5 Å². The minimum Gasteiger partial charge on any atom is -0.481 e. The molecular weight excluding hydrogens is 438 g/mol. The van der Waals surface area contributed by atoms with Crippen molar-refractivity contribution >= 4 is 29.4 Å². The maximum atomic E-state index is 13.4. The van der Waals surface area contributed by atoms with E-state index in [1.807, 2.05) is 0 Å². The van der Waals surface area contributed by atoms with Gasteiger partial charge in [-0.15, -0.1) is 0 Å². The van der Waals surface area contributed by atoms with Crippen LogP contribution in [-0.4, -0.2) is 64.3 Å². The summed E-state index contributed by atoms with van der Waals surface area (Å²) in [6.45, 7) is 0.641. The fourth-order valence-corrected chi connectivity index (χ4v) is 5.57. The van der Waals surface area contributed by atoms with Gasteiger partial charge in [-0.25, -0.2) is 0 Å². The molecule has 2 aliphatic heterocycles. The minimum atomic E-state index is -0.889. The Kier molecular flexibility index (Phi) is 5.63. The Morgan fingerprint density at radius 3 is 2.62 bits per heavy atom. The smallest absolute Gasteiger partial charge is 0.303 e. The number of benzene rings is 1. The minimum absolute atomic E-state index is 0.0194. The van der Waals surface area contributed by atoms with E-state index < -0.39 is 17.4 Å². The molecule has 1 aromatic carbocycles. The van der Waals surface area contributed by atoms with Crippen LogP contribution in [0.3, 0.4) is 0 Å². The molecule has 9 nitrogen and oxygen atoms in total. The Hall–Kier alpha value is -3.62. The lowest BCUT2D eigenvalue weighted by Gasteiger charge is -2.40. The van der Waals surface area contributed by atoms with Crippen molar-refractivity contribution in [1.29, 1.82) is 0 Å². The van der Waals surface area contributed by atoms with Gasteiger partial charge in [-0.3, -0.25) is 19.2 Å². The first kappa shape index (κ1) is 22.2. The predicted octanol–water partition coefficient (Wildman–Crippen LogP) is 2.98. The van der Waals surface area contributed by atoms with Gasteiger partial charge in [-0.2, -0.15) is 0 Å². The van der Waals surface area contributed by atoms with Crippen LogP contribution in [0.25, 0.3) is 11.3 Å². The van der Waals surface area contributed by atoms with Crippen molar-refractivity contribution in [3.63, 3.8) is 0 Å². The molecule has 2 N–H and O–H groups in total. The molecule has 34 heavy (non-hydrogen) atoms. The SMILES string of the molecule is O=C(O)CC1(CC(=O)N2CCN3C(=O)c4cc(-c5ccco5)ccc4NC(=O)[C@@H]3C2)CCCC1. The normalized spacial score (nSPS) is 21.5. The number of carboxylic acids is 1. The van der Waals surface area contributed by atoms with Gasteiger partial charge in [0.15, 0.2) is 0 Å². The number of nitrogens with one attached hydrogen (secondary N) is 1.